The van der Waals surface area contributed by atoms with E-state index in [1.54, 1.807) is 12.1 Å². The Kier molecular flexibility index (Phi) is 5.12. The lowest BCUT2D eigenvalue weighted by atomic mass is 10.1. The number of fused-ring (bicyclic) bond motifs is 1. The summed E-state index contributed by atoms with van der Waals surface area (Å²) in [6.07, 6.45) is 4.31. The number of para-hydroxylation sites is 2. The molecule has 1 saturated heterocycles. The van der Waals surface area contributed by atoms with Crippen molar-refractivity contribution in [1.82, 2.24) is 9.88 Å². The largest absolute Gasteiger partial charge is 0.508 e. The Morgan fingerprint density at radius 3 is 2.78 bits per heavy atom. The number of phenolic OH excluding ortho intramolecular Hbond substituents is 1. The van der Waals surface area contributed by atoms with Crippen molar-refractivity contribution in [2.24, 2.45) is 0 Å². The highest BCUT2D eigenvalue weighted by molar-refractivity contribution is 5.88. The number of aromatic hydroxyl groups is 1. The highest BCUT2D eigenvalue weighted by atomic mass is 16.5. The molecule has 2 aromatic carbocycles. The van der Waals surface area contributed by atoms with Crippen LogP contribution in [0.1, 0.15) is 24.0 Å². The molecule has 2 heterocycles. The summed E-state index contributed by atoms with van der Waals surface area (Å²) in [6.45, 7) is 1.69. The molecule has 0 saturated carbocycles. The minimum absolute atomic E-state index is 0.0403. The molecule has 1 aliphatic heterocycles. The fourth-order valence-electron chi connectivity index (χ4n) is 3.69. The van der Waals surface area contributed by atoms with Gasteiger partial charge in [0.05, 0.1) is 12.5 Å². The zero-order chi connectivity index (χ0) is 18.6. The van der Waals surface area contributed by atoms with Crippen LogP contribution in [-0.2, 0) is 22.5 Å². The highest BCUT2D eigenvalue weighted by Crippen LogP contribution is 2.23. The van der Waals surface area contributed by atoms with Gasteiger partial charge in [-0.15, -0.1) is 0 Å². The summed E-state index contributed by atoms with van der Waals surface area (Å²) in [5.41, 5.74) is 2.78. The molecule has 5 nitrogen and oxygen atoms in total. The van der Waals surface area contributed by atoms with Crippen molar-refractivity contribution in [2.75, 3.05) is 13.2 Å². The number of aromatic nitrogens is 1. The molecule has 0 bridgehead atoms. The zero-order valence-corrected chi connectivity index (χ0v) is 15.2. The summed E-state index contributed by atoms with van der Waals surface area (Å²) < 4.78 is 5.74. The lowest BCUT2D eigenvalue weighted by Gasteiger charge is -2.26. The van der Waals surface area contributed by atoms with Crippen molar-refractivity contribution in [1.29, 1.82) is 0 Å². The number of amides is 1. The van der Waals surface area contributed by atoms with E-state index in [1.807, 2.05) is 47.5 Å². The van der Waals surface area contributed by atoms with Crippen LogP contribution in [-0.4, -0.2) is 40.2 Å². The number of rotatable bonds is 6. The van der Waals surface area contributed by atoms with Gasteiger partial charge in [0.25, 0.3) is 0 Å². The number of hydrogen-bond donors (Lipinski definition) is 2. The fraction of sp³-hybridized carbons (Fsp3) is 0.318. The van der Waals surface area contributed by atoms with Gasteiger partial charge < -0.3 is 19.7 Å². The van der Waals surface area contributed by atoms with Crippen LogP contribution in [0, 0.1) is 0 Å². The monoisotopic (exact) mass is 364 g/mol. The normalized spacial score (nSPS) is 16.7. The summed E-state index contributed by atoms with van der Waals surface area (Å²) in [4.78, 5) is 18.2. The molecular formula is C22H24N2O3. The number of carbonyl (C=O) groups is 1. The number of phenols is 1. The van der Waals surface area contributed by atoms with E-state index in [1.165, 1.54) is 0 Å². The summed E-state index contributed by atoms with van der Waals surface area (Å²) >= 11 is 0. The topological polar surface area (TPSA) is 65.6 Å². The number of aromatic amines is 1. The lowest BCUT2D eigenvalue weighted by molar-refractivity contribution is -0.132. The molecule has 1 amide bonds. The van der Waals surface area contributed by atoms with Gasteiger partial charge in [0, 0.05) is 42.4 Å². The van der Waals surface area contributed by atoms with Gasteiger partial charge in [-0.1, -0.05) is 36.4 Å². The van der Waals surface area contributed by atoms with Crippen LogP contribution in [0.4, 0.5) is 0 Å². The molecule has 1 aliphatic rings. The van der Waals surface area contributed by atoms with E-state index in [0.29, 0.717) is 19.5 Å². The van der Waals surface area contributed by atoms with Gasteiger partial charge in [-0.25, -0.2) is 0 Å². The quantitative estimate of drug-likeness (QED) is 0.702. The van der Waals surface area contributed by atoms with Gasteiger partial charge in [-0.3, -0.25) is 4.79 Å². The minimum Gasteiger partial charge on any atom is -0.508 e. The van der Waals surface area contributed by atoms with Crippen molar-refractivity contribution in [3.8, 4) is 5.75 Å². The van der Waals surface area contributed by atoms with Gasteiger partial charge >= 0.3 is 0 Å². The SMILES string of the molecule is O=C(Cc1c[nH]c2ccccc12)N(Cc1ccccc1O)CC1CCCO1. The third kappa shape index (κ3) is 3.98. The Morgan fingerprint density at radius 2 is 1.96 bits per heavy atom. The van der Waals surface area contributed by atoms with Gasteiger partial charge in [0.2, 0.25) is 5.91 Å². The molecule has 140 valence electrons. The molecule has 1 aromatic heterocycles. The van der Waals surface area contributed by atoms with E-state index >= 15 is 0 Å². The van der Waals surface area contributed by atoms with Gasteiger partial charge in [-0.05, 0) is 30.5 Å². The second-order valence-electron chi connectivity index (χ2n) is 7.07. The van der Waals surface area contributed by atoms with E-state index < -0.39 is 0 Å². The maximum absolute atomic E-state index is 13.1. The van der Waals surface area contributed by atoms with Gasteiger partial charge in [-0.2, -0.15) is 0 Å². The lowest BCUT2D eigenvalue weighted by Crippen LogP contribution is -2.37. The Hall–Kier alpha value is -2.79. The first-order chi connectivity index (χ1) is 13.2. The molecule has 1 atom stereocenters. The number of nitrogens with zero attached hydrogens (tertiary/aromatic N) is 1. The van der Waals surface area contributed by atoms with Crippen molar-refractivity contribution in [2.45, 2.75) is 31.9 Å². The number of benzene rings is 2. The molecule has 4 rings (SSSR count). The maximum Gasteiger partial charge on any atom is 0.227 e. The van der Waals surface area contributed by atoms with Crippen LogP contribution in [0.5, 0.6) is 5.75 Å². The van der Waals surface area contributed by atoms with E-state index in [-0.39, 0.29) is 17.8 Å². The van der Waals surface area contributed by atoms with Gasteiger partial charge in [0.15, 0.2) is 0 Å². The maximum atomic E-state index is 13.1. The number of carbonyl (C=O) groups excluding carboxylic acids is 1. The summed E-state index contributed by atoms with van der Waals surface area (Å²) in [6, 6.07) is 15.2. The van der Waals surface area contributed by atoms with E-state index in [4.69, 9.17) is 4.74 Å². The molecule has 27 heavy (non-hydrogen) atoms. The van der Waals surface area contributed by atoms with Crippen molar-refractivity contribution in [3.05, 3.63) is 65.9 Å². The summed E-state index contributed by atoms with van der Waals surface area (Å²) in [5, 5.41) is 11.2. The Morgan fingerprint density at radius 1 is 1.15 bits per heavy atom. The average Bonchev–Trinajstić information content (AvgIpc) is 3.33. The first-order valence-electron chi connectivity index (χ1n) is 9.42. The third-order valence-corrected chi connectivity index (χ3v) is 5.17. The first-order valence-corrected chi connectivity index (χ1v) is 9.42. The second-order valence-corrected chi connectivity index (χ2v) is 7.07. The Balaban J connectivity index is 1.54. The number of nitrogens with one attached hydrogen (secondary N) is 1. The molecule has 5 heteroatoms. The molecular weight excluding hydrogens is 340 g/mol. The summed E-state index contributed by atoms with van der Waals surface area (Å²) in [7, 11) is 0. The standard InChI is InChI=1S/C22H24N2O3/c25-21-10-4-1-6-16(21)14-24(15-18-7-5-11-27-18)22(26)12-17-13-23-20-9-3-2-8-19(17)20/h1-4,6,8-10,13,18,23,25H,5,7,11-12,14-15H2. The zero-order valence-electron chi connectivity index (χ0n) is 15.2. The first kappa shape index (κ1) is 17.6. The summed E-state index contributed by atoms with van der Waals surface area (Å²) in [5.74, 6) is 0.258. The van der Waals surface area contributed by atoms with Crippen molar-refractivity contribution >= 4 is 16.8 Å². The number of hydrogen-bond acceptors (Lipinski definition) is 3. The Bertz CT molecular complexity index is 928. The Labute approximate surface area is 158 Å². The highest BCUT2D eigenvalue weighted by Gasteiger charge is 2.24. The molecule has 2 N–H and O–H groups in total. The molecule has 1 unspecified atom stereocenters. The van der Waals surface area contributed by atoms with E-state index in [9.17, 15) is 9.90 Å². The van der Waals surface area contributed by atoms with Crippen LogP contribution in [0.15, 0.2) is 54.7 Å². The van der Waals surface area contributed by atoms with E-state index in [2.05, 4.69) is 4.98 Å². The number of H-pyrrole nitrogens is 1. The van der Waals surface area contributed by atoms with Crippen LogP contribution in [0.25, 0.3) is 10.9 Å². The smallest absolute Gasteiger partial charge is 0.227 e. The minimum atomic E-state index is 0.0403. The van der Waals surface area contributed by atoms with Crippen molar-refractivity contribution < 1.29 is 14.6 Å². The second kappa shape index (κ2) is 7.84. The fourth-order valence-corrected chi connectivity index (χ4v) is 3.69. The van der Waals surface area contributed by atoms with Crippen LogP contribution in [0.3, 0.4) is 0 Å². The van der Waals surface area contributed by atoms with E-state index in [0.717, 1.165) is 41.5 Å². The molecule has 3 aromatic rings. The van der Waals surface area contributed by atoms with Crippen LogP contribution >= 0.6 is 0 Å². The molecule has 0 spiro atoms. The predicted molar refractivity (Wildman–Crippen MR) is 105 cm³/mol. The third-order valence-electron chi connectivity index (χ3n) is 5.17. The molecule has 0 radical (unpaired) electrons. The van der Waals surface area contributed by atoms with Crippen LogP contribution in [0.2, 0.25) is 0 Å². The molecule has 1 fully saturated rings. The number of ether oxygens (including phenoxy) is 1. The average molecular weight is 364 g/mol. The predicted octanol–water partition coefficient (Wildman–Crippen LogP) is 3.62. The van der Waals surface area contributed by atoms with Gasteiger partial charge in [0.1, 0.15) is 5.75 Å². The molecule has 0 aliphatic carbocycles. The van der Waals surface area contributed by atoms with Crippen LogP contribution < -0.4 is 0 Å². The van der Waals surface area contributed by atoms with Crippen molar-refractivity contribution in [3.63, 3.8) is 0 Å².